The lowest BCUT2D eigenvalue weighted by molar-refractivity contribution is 0.460. The molecule has 0 fully saturated rings. The van der Waals surface area contributed by atoms with E-state index in [-0.39, 0.29) is 6.04 Å². The highest BCUT2D eigenvalue weighted by Gasteiger charge is 2.17. The lowest BCUT2D eigenvalue weighted by Crippen LogP contribution is -2.17. The Morgan fingerprint density at radius 1 is 1.17 bits per heavy atom. The van der Waals surface area contributed by atoms with Gasteiger partial charge in [-0.15, -0.1) is 0 Å². The van der Waals surface area contributed by atoms with Gasteiger partial charge >= 0.3 is 0 Å². The van der Waals surface area contributed by atoms with E-state index in [0.29, 0.717) is 0 Å². The van der Waals surface area contributed by atoms with Crippen LogP contribution in [0.5, 0.6) is 0 Å². The maximum absolute atomic E-state index is 5.59. The van der Waals surface area contributed by atoms with E-state index in [4.69, 9.17) is 4.42 Å². The lowest BCUT2D eigenvalue weighted by Gasteiger charge is -2.15. The maximum atomic E-state index is 5.59. The third-order valence-corrected chi connectivity index (χ3v) is 3.30. The molecule has 2 rings (SSSR count). The fraction of sp³-hybridized carbons (Fsp3) is 0.375. The number of nitrogens with one attached hydrogen (secondary N) is 1. The van der Waals surface area contributed by atoms with E-state index in [9.17, 15) is 0 Å². The summed E-state index contributed by atoms with van der Waals surface area (Å²) in [5.74, 6) is 1.00. The normalized spacial score (nSPS) is 12.6. The SMILES string of the molecule is CCCc1ccc(C(NC)c2occc2C)cc1. The third kappa shape index (κ3) is 2.65. The van der Waals surface area contributed by atoms with Gasteiger partial charge in [-0.25, -0.2) is 0 Å². The average Bonchev–Trinajstić information content (AvgIpc) is 2.79. The molecule has 0 amide bonds. The maximum Gasteiger partial charge on any atom is 0.128 e. The molecule has 0 bridgehead atoms. The monoisotopic (exact) mass is 243 g/mol. The number of rotatable bonds is 5. The van der Waals surface area contributed by atoms with E-state index in [1.165, 1.54) is 23.1 Å². The molecule has 0 saturated carbocycles. The minimum atomic E-state index is 0.135. The van der Waals surface area contributed by atoms with Crippen LogP contribution in [0.3, 0.4) is 0 Å². The van der Waals surface area contributed by atoms with Crippen LogP contribution in [0, 0.1) is 6.92 Å². The van der Waals surface area contributed by atoms with E-state index >= 15 is 0 Å². The molecule has 18 heavy (non-hydrogen) atoms. The molecule has 2 aromatic rings. The Hall–Kier alpha value is -1.54. The fourth-order valence-corrected chi connectivity index (χ4v) is 2.29. The Labute approximate surface area is 109 Å². The Morgan fingerprint density at radius 3 is 2.39 bits per heavy atom. The van der Waals surface area contributed by atoms with Crippen LogP contribution in [0.15, 0.2) is 41.0 Å². The van der Waals surface area contributed by atoms with E-state index in [0.717, 1.165) is 12.2 Å². The summed E-state index contributed by atoms with van der Waals surface area (Å²) < 4.78 is 5.59. The van der Waals surface area contributed by atoms with Crippen molar-refractivity contribution >= 4 is 0 Å². The molecule has 0 radical (unpaired) electrons. The van der Waals surface area contributed by atoms with Crippen LogP contribution in [-0.2, 0) is 6.42 Å². The van der Waals surface area contributed by atoms with Crippen molar-refractivity contribution in [2.75, 3.05) is 7.05 Å². The lowest BCUT2D eigenvalue weighted by atomic mass is 10.00. The Morgan fingerprint density at radius 2 is 1.89 bits per heavy atom. The Balaban J connectivity index is 2.25. The summed E-state index contributed by atoms with van der Waals surface area (Å²) in [4.78, 5) is 0. The van der Waals surface area contributed by atoms with Gasteiger partial charge in [0.1, 0.15) is 5.76 Å². The van der Waals surface area contributed by atoms with Gasteiger partial charge in [-0.3, -0.25) is 0 Å². The number of aryl methyl sites for hydroxylation is 2. The zero-order valence-electron chi connectivity index (χ0n) is 11.4. The second-order valence-electron chi connectivity index (χ2n) is 4.68. The van der Waals surface area contributed by atoms with E-state index < -0.39 is 0 Å². The standard InChI is InChI=1S/C16H21NO/c1-4-5-13-6-8-14(9-7-13)15(17-3)16-12(2)10-11-18-16/h6-11,15,17H,4-5H2,1-3H3. The molecule has 2 heteroatoms. The van der Waals surface area contributed by atoms with Crippen molar-refractivity contribution in [1.29, 1.82) is 0 Å². The van der Waals surface area contributed by atoms with Crippen LogP contribution in [0.25, 0.3) is 0 Å². The summed E-state index contributed by atoms with van der Waals surface area (Å²) in [5, 5.41) is 3.32. The summed E-state index contributed by atoms with van der Waals surface area (Å²) in [6.45, 7) is 4.28. The van der Waals surface area contributed by atoms with Gasteiger partial charge in [-0.1, -0.05) is 37.6 Å². The highest BCUT2D eigenvalue weighted by Crippen LogP contribution is 2.25. The van der Waals surface area contributed by atoms with Gasteiger partial charge < -0.3 is 9.73 Å². The van der Waals surface area contributed by atoms with Gasteiger partial charge in [0, 0.05) is 0 Å². The van der Waals surface area contributed by atoms with Crippen molar-refractivity contribution in [3.05, 3.63) is 59.0 Å². The molecule has 2 nitrogen and oxygen atoms in total. The molecular weight excluding hydrogens is 222 g/mol. The predicted molar refractivity (Wildman–Crippen MR) is 74.8 cm³/mol. The number of benzene rings is 1. The first-order valence-corrected chi connectivity index (χ1v) is 6.56. The quantitative estimate of drug-likeness (QED) is 0.863. The molecule has 1 aromatic heterocycles. The van der Waals surface area contributed by atoms with Crippen LogP contribution >= 0.6 is 0 Å². The minimum absolute atomic E-state index is 0.135. The summed E-state index contributed by atoms with van der Waals surface area (Å²) in [6.07, 6.45) is 4.08. The van der Waals surface area contributed by atoms with Gasteiger partial charge in [0.05, 0.1) is 12.3 Å². The minimum Gasteiger partial charge on any atom is -0.467 e. The second kappa shape index (κ2) is 5.87. The smallest absolute Gasteiger partial charge is 0.128 e. The first-order chi connectivity index (χ1) is 8.76. The highest BCUT2D eigenvalue weighted by molar-refractivity contribution is 5.32. The van der Waals surface area contributed by atoms with Gasteiger partial charge in [-0.05, 0) is 43.1 Å². The van der Waals surface area contributed by atoms with E-state index in [1.54, 1.807) is 6.26 Å². The first kappa shape index (κ1) is 12.9. The van der Waals surface area contributed by atoms with Crippen LogP contribution in [0.2, 0.25) is 0 Å². The molecule has 1 N–H and O–H groups in total. The largest absolute Gasteiger partial charge is 0.467 e. The molecule has 1 atom stereocenters. The third-order valence-electron chi connectivity index (χ3n) is 3.30. The molecule has 1 unspecified atom stereocenters. The number of hydrogen-bond donors (Lipinski definition) is 1. The summed E-state index contributed by atoms with van der Waals surface area (Å²) in [5.41, 5.74) is 3.83. The average molecular weight is 243 g/mol. The van der Waals surface area contributed by atoms with Crippen molar-refractivity contribution in [3.63, 3.8) is 0 Å². The van der Waals surface area contributed by atoms with Gasteiger partial charge in [0.15, 0.2) is 0 Å². The first-order valence-electron chi connectivity index (χ1n) is 6.56. The van der Waals surface area contributed by atoms with Crippen molar-refractivity contribution in [2.45, 2.75) is 32.7 Å². The topological polar surface area (TPSA) is 25.2 Å². The predicted octanol–water partition coefficient (Wildman–Crippen LogP) is 3.85. The molecule has 96 valence electrons. The highest BCUT2D eigenvalue weighted by atomic mass is 16.3. The number of hydrogen-bond acceptors (Lipinski definition) is 2. The van der Waals surface area contributed by atoms with E-state index in [2.05, 4.69) is 43.4 Å². The summed E-state index contributed by atoms with van der Waals surface area (Å²) >= 11 is 0. The molecule has 0 aliphatic carbocycles. The van der Waals surface area contributed by atoms with Crippen molar-refractivity contribution in [1.82, 2.24) is 5.32 Å². The number of furan rings is 1. The van der Waals surface area contributed by atoms with Crippen LogP contribution < -0.4 is 5.32 Å². The van der Waals surface area contributed by atoms with Gasteiger partial charge in [0.25, 0.3) is 0 Å². The zero-order valence-corrected chi connectivity index (χ0v) is 11.4. The van der Waals surface area contributed by atoms with Crippen molar-refractivity contribution < 1.29 is 4.42 Å². The summed E-state index contributed by atoms with van der Waals surface area (Å²) in [7, 11) is 1.96. The van der Waals surface area contributed by atoms with Crippen molar-refractivity contribution in [3.8, 4) is 0 Å². The van der Waals surface area contributed by atoms with Crippen molar-refractivity contribution in [2.24, 2.45) is 0 Å². The zero-order chi connectivity index (χ0) is 13.0. The second-order valence-corrected chi connectivity index (χ2v) is 4.68. The fourth-order valence-electron chi connectivity index (χ4n) is 2.29. The molecular formula is C16H21NO. The van der Waals surface area contributed by atoms with Crippen LogP contribution in [-0.4, -0.2) is 7.05 Å². The molecule has 0 saturated heterocycles. The summed E-state index contributed by atoms with van der Waals surface area (Å²) in [6, 6.07) is 10.9. The Kier molecular flexibility index (Phi) is 4.21. The van der Waals surface area contributed by atoms with Gasteiger partial charge in [-0.2, -0.15) is 0 Å². The molecule has 0 aliphatic heterocycles. The molecule has 1 aromatic carbocycles. The molecule has 0 spiro atoms. The van der Waals surface area contributed by atoms with Gasteiger partial charge in [0.2, 0.25) is 0 Å². The molecule has 1 heterocycles. The van der Waals surface area contributed by atoms with E-state index in [1.807, 2.05) is 13.1 Å². The van der Waals surface area contributed by atoms with Crippen LogP contribution in [0.1, 0.15) is 41.8 Å². The molecule has 0 aliphatic rings. The Bertz CT molecular complexity index is 484. The van der Waals surface area contributed by atoms with Crippen LogP contribution in [0.4, 0.5) is 0 Å².